The van der Waals surface area contributed by atoms with Gasteiger partial charge in [0.1, 0.15) is 5.82 Å². The largest absolute Gasteiger partial charge is 0.385 e. The Hall–Kier alpha value is -1.69. The Labute approximate surface area is 119 Å². The van der Waals surface area contributed by atoms with Crippen LogP contribution in [0, 0.1) is 5.92 Å². The number of nitrogens with zero attached hydrogens (tertiary/aromatic N) is 3. The molecule has 1 amide bonds. The van der Waals surface area contributed by atoms with Crippen LogP contribution in [0.25, 0.3) is 0 Å². The summed E-state index contributed by atoms with van der Waals surface area (Å²) in [5.74, 6) is 1.02. The number of hydrogen-bond donors (Lipinski definition) is 1. The topological polar surface area (TPSA) is 67.3 Å². The van der Waals surface area contributed by atoms with Crippen LogP contribution < -0.4 is 10.2 Å². The van der Waals surface area contributed by atoms with Gasteiger partial charge < -0.3 is 15.0 Å². The van der Waals surface area contributed by atoms with Gasteiger partial charge in [0.05, 0.1) is 12.1 Å². The molecule has 1 saturated heterocycles. The van der Waals surface area contributed by atoms with E-state index in [2.05, 4.69) is 20.2 Å². The Morgan fingerprint density at radius 1 is 1.55 bits per heavy atom. The Kier molecular flexibility index (Phi) is 5.73. The molecule has 2 heterocycles. The predicted molar refractivity (Wildman–Crippen MR) is 76.5 cm³/mol. The van der Waals surface area contributed by atoms with Crippen molar-refractivity contribution in [1.29, 1.82) is 0 Å². The van der Waals surface area contributed by atoms with Crippen LogP contribution in [0.5, 0.6) is 0 Å². The molecule has 1 fully saturated rings. The van der Waals surface area contributed by atoms with Crippen molar-refractivity contribution in [3.05, 3.63) is 18.6 Å². The number of rotatable bonds is 6. The summed E-state index contributed by atoms with van der Waals surface area (Å²) < 4.78 is 4.97. The van der Waals surface area contributed by atoms with Gasteiger partial charge in [-0.2, -0.15) is 0 Å². The zero-order valence-electron chi connectivity index (χ0n) is 11.9. The van der Waals surface area contributed by atoms with Crippen molar-refractivity contribution >= 4 is 11.7 Å². The van der Waals surface area contributed by atoms with E-state index in [1.807, 2.05) is 0 Å². The molecule has 0 aliphatic carbocycles. The summed E-state index contributed by atoms with van der Waals surface area (Å²) in [4.78, 5) is 22.6. The number of anilines is 1. The van der Waals surface area contributed by atoms with Crippen LogP contribution in [0.1, 0.15) is 19.3 Å². The first kappa shape index (κ1) is 14.7. The molecule has 1 unspecified atom stereocenters. The molecule has 2 rings (SSSR count). The van der Waals surface area contributed by atoms with Crippen molar-refractivity contribution in [2.75, 3.05) is 38.3 Å². The molecular weight excluding hydrogens is 256 g/mol. The van der Waals surface area contributed by atoms with Gasteiger partial charge >= 0.3 is 0 Å². The maximum Gasteiger partial charge on any atom is 0.224 e. The minimum atomic E-state index is 0.0355. The highest BCUT2D eigenvalue weighted by atomic mass is 16.5. The van der Waals surface area contributed by atoms with Crippen molar-refractivity contribution in [2.24, 2.45) is 5.92 Å². The molecule has 6 nitrogen and oxygen atoms in total. The summed E-state index contributed by atoms with van der Waals surface area (Å²) in [6.45, 7) is 3.01. The number of nitrogens with one attached hydrogen (secondary N) is 1. The second-order valence-corrected chi connectivity index (χ2v) is 4.99. The Morgan fingerprint density at radius 2 is 2.45 bits per heavy atom. The van der Waals surface area contributed by atoms with Crippen LogP contribution in [0.4, 0.5) is 5.82 Å². The van der Waals surface area contributed by atoms with Crippen LogP contribution in [-0.2, 0) is 9.53 Å². The van der Waals surface area contributed by atoms with E-state index in [0.717, 1.165) is 38.2 Å². The number of hydrogen-bond acceptors (Lipinski definition) is 5. The third-order valence-electron chi connectivity index (χ3n) is 3.49. The Morgan fingerprint density at radius 3 is 3.20 bits per heavy atom. The number of methoxy groups -OCH3 is 1. The van der Waals surface area contributed by atoms with Gasteiger partial charge in [-0.05, 0) is 19.3 Å². The van der Waals surface area contributed by atoms with Crippen molar-refractivity contribution in [3.8, 4) is 0 Å². The predicted octanol–water partition coefficient (Wildman–Crippen LogP) is 0.846. The van der Waals surface area contributed by atoms with Crippen LogP contribution in [-0.4, -0.2) is 49.2 Å². The van der Waals surface area contributed by atoms with E-state index < -0.39 is 0 Å². The van der Waals surface area contributed by atoms with Crippen molar-refractivity contribution in [2.45, 2.75) is 19.3 Å². The zero-order chi connectivity index (χ0) is 14.2. The first-order valence-electron chi connectivity index (χ1n) is 7.09. The maximum atomic E-state index is 12.1. The van der Waals surface area contributed by atoms with Gasteiger partial charge in [-0.25, -0.2) is 4.98 Å². The molecule has 0 radical (unpaired) electrons. The fourth-order valence-corrected chi connectivity index (χ4v) is 2.43. The van der Waals surface area contributed by atoms with Crippen molar-refractivity contribution in [3.63, 3.8) is 0 Å². The van der Waals surface area contributed by atoms with Gasteiger partial charge in [0, 0.05) is 45.7 Å². The standard InChI is InChI=1S/C14H22N4O2/c1-20-9-3-5-17-14(19)12-4-2-8-18(11-12)13-10-15-6-7-16-13/h6-7,10,12H,2-5,8-9,11H2,1H3,(H,17,19). The molecule has 1 aliphatic heterocycles. The number of carbonyl (C=O) groups is 1. The van der Waals surface area contributed by atoms with Crippen LogP contribution in [0.2, 0.25) is 0 Å². The maximum absolute atomic E-state index is 12.1. The summed E-state index contributed by atoms with van der Waals surface area (Å²) in [6, 6.07) is 0. The number of ether oxygens (including phenoxy) is 1. The van der Waals surface area contributed by atoms with E-state index >= 15 is 0 Å². The average molecular weight is 278 g/mol. The van der Waals surface area contributed by atoms with Gasteiger partial charge in [-0.1, -0.05) is 0 Å². The minimum Gasteiger partial charge on any atom is -0.385 e. The fraction of sp³-hybridized carbons (Fsp3) is 0.643. The smallest absolute Gasteiger partial charge is 0.224 e. The third kappa shape index (κ3) is 4.16. The molecule has 20 heavy (non-hydrogen) atoms. The lowest BCUT2D eigenvalue weighted by Crippen LogP contribution is -2.43. The first-order chi connectivity index (χ1) is 9.81. The lowest BCUT2D eigenvalue weighted by Gasteiger charge is -2.32. The molecule has 1 aliphatic rings. The van der Waals surface area contributed by atoms with E-state index in [9.17, 15) is 4.79 Å². The highest BCUT2D eigenvalue weighted by molar-refractivity contribution is 5.79. The molecule has 0 aromatic carbocycles. The second-order valence-electron chi connectivity index (χ2n) is 4.99. The molecule has 0 saturated carbocycles. The quantitative estimate of drug-likeness (QED) is 0.781. The zero-order valence-corrected chi connectivity index (χ0v) is 11.9. The summed E-state index contributed by atoms with van der Waals surface area (Å²) in [5, 5.41) is 2.98. The van der Waals surface area contributed by atoms with E-state index in [4.69, 9.17) is 4.74 Å². The van der Waals surface area contributed by atoms with E-state index in [1.54, 1.807) is 25.7 Å². The van der Waals surface area contributed by atoms with Crippen molar-refractivity contribution in [1.82, 2.24) is 15.3 Å². The van der Waals surface area contributed by atoms with Gasteiger partial charge in [0.15, 0.2) is 0 Å². The van der Waals surface area contributed by atoms with Crippen LogP contribution in [0.15, 0.2) is 18.6 Å². The number of piperidine rings is 1. The highest BCUT2D eigenvalue weighted by Gasteiger charge is 2.26. The van der Waals surface area contributed by atoms with Gasteiger partial charge in [-0.15, -0.1) is 0 Å². The van der Waals surface area contributed by atoms with Gasteiger partial charge in [-0.3, -0.25) is 9.78 Å². The molecule has 1 aromatic rings. The summed E-state index contributed by atoms with van der Waals surface area (Å²) in [6.07, 6.45) is 7.89. The summed E-state index contributed by atoms with van der Waals surface area (Å²) in [7, 11) is 1.67. The first-order valence-corrected chi connectivity index (χ1v) is 7.09. The van der Waals surface area contributed by atoms with E-state index in [-0.39, 0.29) is 11.8 Å². The van der Waals surface area contributed by atoms with Gasteiger partial charge in [0.25, 0.3) is 0 Å². The third-order valence-corrected chi connectivity index (χ3v) is 3.49. The molecule has 0 bridgehead atoms. The van der Waals surface area contributed by atoms with Gasteiger partial charge in [0.2, 0.25) is 5.91 Å². The molecule has 110 valence electrons. The molecule has 1 N–H and O–H groups in total. The summed E-state index contributed by atoms with van der Waals surface area (Å²) in [5.41, 5.74) is 0. The average Bonchev–Trinajstić information content (AvgIpc) is 2.52. The van der Waals surface area contributed by atoms with Crippen LogP contribution >= 0.6 is 0 Å². The molecular formula is C14H22N4O2. The number of carbonyl (C=O) groups excluding carboxylic acids is 1. The summed E-state index contributed by atoms with van der Waals surface area (Å²) >= 11 is 0. The Balaban J connectivity index is 1.82. The lowest BCUT2D eigenvalue weighted by molar-refractivity contribution is -0.125. The second kappa shape index (κ2) is 7.79. The number of amides is 1. The highest BCUT2D eigenvalue weighted by Crippen LogP contribution is 2.20. The lowest BCUT2D eigenvalue weighted by atomic mass is 9.97. The SMILES string of the molecule is COCCCNC(=O)C1CCCN(c2cnccn2)C1. The van der Waals surface area contributed by atoms with E-state index in [1.165, 1.54) is 0 Å². The fourth-order valence-electron chi connectivity index (χ4n) is 2.43. The normalized spacial score (nSPS) is 18.9. The molecule has 6 heteroatoms. The minimum absolute atomic E-state index is 0.0355. The van der Waals surface area contributed by atoms with E-state index in [0.29, 0.717) is 13.2 Å². The van der Waals surface area contributed by atoms with Crippen molar-refractivity contribution < 1.29 is 9.53 Å². The van der Waals surface area contributed by atoms with Crippen LogP contribution in [0.3, 0.4) is 0 Å². The molecule has 1 aromatic heterocycles. The molecule has 0 spiro atoms. The Bertz CT molecular complexity index is 413. The number of aromatic nitrogens is 2. The molecule has 1 atom stereocenters. The monoisotopic (exact) mass is 278 g/mol.